The summed E-state index contributed by atoms with van der Waals surface area (Å²) in [6, 6.07) is 5.80. The molecule has 0 bridgehead atoms. The Balaban J connectivity index is 2.29. The van der Waals surface area contributed by atoms with E-state index in [1.807, 2.05) is 0 Å². The van der Waals surface area contributed by atoms with E-state index in [2.05, 4.69) is 20.7 Å². The summed E-state index contributed by atoms with van der Waals surface area (Å²) in [7, 11) is -4.06. The molecule has 0 radical (unpaired) electrons. The number of aliphatic hydroxyl groups is 1. The van der Waals surface area contributed by atoms with Gasteiger partial charge in [-0.25, -0.2) is 17.5 Å². The van der Waals surface area contributed by atoms with Gasteiger partial charge in [0.25, 0.3) is 0 Å². The molecule has 1 heterocycles. The van der Waals surface area contributed by atoms with Crippen LogP contribution in [0.25, 0.3) is 0 Å². The highest BCUT2D eigenvalue weighted by Crippen LogP contribution is 2.24. The summed E-state index contributed by atoms with van der Waals surface area (Å²) >= 11 is 3.09. The Morgan fingerprint density at radius 1 is 1.38 bits per heavy atom. The van der Waals surface area contributed by atoms with Gasteiger partial charge in [0.1, 0.15) is 22.2 Å². The van der Waals surface area contributed by atoms with E-state index in [-0.39, 0.29) is 12.1 Å². The van der Waals surface area contributed by atoms with Crippen LogP contribution in [-0.2, 0) is 23.2 Å². The summed E-state index contributed by atoms with van der Waals surface area (Å²) in [5.41, 5.74) is -0.0985. The van der Waals surface area contributed by atoms with Gasteiger partial charge in [-0.15, -0.1) is 0 Å². The third-order valence-electron chi connectivity index (χ3n) is 2.77. The predicted octanol–water partition coefficient (Wildman–Crippen LogP) is 2.46. The second-order valence-corrected chi connectivity index (χ2v) is 7.02. The Hall–Kier alpha value is -1.22. The van der Waals surface area contributed by atoms with Crippen LogP contribution in [0.1, 0.15) is 17.1 Å². The quantitative estimate of drug-likeness (QED) is 0.838. The first-order valence-corrected chi connectivity index (χ1v) is 8.25. The van der Waals surface area contributed by atoms with Gasteiger partial charge in [-0.2, -0.15) is 0 Å². The smallest absolute Gasteiger partial charge is 0.243 e. The van der Waals surface area contributed by atoms with E-state index in [1.165, 1.54) is 6.07 Å². The van der Waals surface area contributed by atoms with E-state index in [4.69, 9.17) is 9.52 Å². The molecule has 0 saturated carbocycles. The SMILES string of the molecule is Cc1ccc(CNS(=O)(=O)c2cc(Br)cc(CO)c2F)o1. The summed E-state index contributed by atoms with van der Waals surface area (Å²) in [6.45, 7) is 1.06. The number of hydrogen-bond donors (Lipinski definition) is 2. The fraction of sp³-hybridized carbons (Fsp3) is 0.231. The second kappa shape index (κ2) is 6.27. The van der Waals surface area contributed by atoms with Crippen molar-refractivity contribution in [1.82, 2.24) is 4.72 Å². The largest absolute Gasteiger partial charge is 0.465 e. The Morgan fingerprint density at radius 2 is 2.10 bits per heavy atom. The Bertz CT molecular complexity index is 758. The van der Waals surface area contributed by atoms with E-state index in [0.29, 0.717) is 16.0 Å². The number of benzene rings is 1. The average Bonchev–Trinajstić information content (AvgIpc) is 2.84. The number of aliphatic hydroxyl groups excluding tert-OH is 1. The van der Waals surface area contributed by atoms with Crippen LogP contribution in [0, 0.1) is 12.7 Å². The lowest BCUT2D eigenvalue weighted by Crippen LogP contribution is -2.24. The van der Waals surface area contributed by atoms with Crippen molar-refractivity contribution in [2.75, 3.05) is 0 Å². The molecule has 5 nitrogen and oxygen atoms in total. The minimum absolute atomic E-state index is 0.0867. The molecule has 0 amide bonds. The molecule has 21 heavy (non-hydrogen) atoms. The average molecular weight is 378 g/mol. The maximum atomic E-state index is 14.1. The van der Waals surface area contributed by atoms with Gasteiger partial charge >= 0.3 is 0 Å². The van der Waals surface area contributed by atoms with Crippen molar-refractivity contribution in [3.63, 3.8) is 0 Å². The standard InChI is InChI=1S/C13H13BrFNO4S/c1-8-2-3-11(20-8)6-16-21(18,19)12-5-10(14)4-9(7-17)13(12)15/h2-5,16-17H,6-7H2,1H3. The molecular weight excluding hydrogens is 365 g/mol. The lowest BCUT2D eigenvalue weighted by atomic mass is 10.2. The first kappa shape index (κ1) is 16.2. The molecule has 114 valence electrons. The van der Waals surface area contributed by atoms with Crippen LogP contribution in [0.2, 0.25) is 0 Å². The normalized spacial score (nSPS) is 11.8. The summed E-state index contributed by atoms with van der Waals surface area (Å²) in [5.74, 6) is 0.109. The molecule has 8 heteroatoms. The summed E-state index contributed by atoms with van der Waals surface area (Å²) in [4.78, 5) is -0.524. The van der Waals surface area contributed by atoms with Crippen LogP contribution < -0.4 is 4.72 Å². The zero-order chi connectivity index (χ0) is 15.6. The van der Waals surface area contributed by atoms with Gasteiger partial charge in [0, 0.05) is 10.0 Å². The molecule has 0 fully saturated rings. The maximum absolute atomic E-state index is 14.1. The number of aryl methyl sites for hydroxylation is 1. The van der Waals surface area contributed by atoms with E-state index in [9.17, 15) is 12.8 Å². The van der Waals surface area contributed by atoms with Crippen LogP contribution in [0.15, 0.2) is 38.1 Å². The molecule has 0 aliphatic rings. The number of sulfonamides is 1. The van der Waals surface area contributed by atoms with Crippen molar-refractivity contribution in [3.05, 3.63) is 51.6 Å². The second-order valence-electron chi connectivity index (χ2n) is 4.37. The summed E-state index contributed by atoms with van der Waals surface area (Å²) < 4.78 is 46.2. The first-order chi connectivity index (χ1) is 9.83. The number of nitrogens with one attached hydrogen (secondary N) is 1. The van der Waals surface area contributed by atoms with E-state index in [0.717, 1.165) is 6.07 Å². The van der Waals surface area contributed by atoms with Gasteiger partial charge < -0.3 is 9.52 Å². The van der Waals surface area contributed by atoms with Crippen LogP contribution in [-0.4, -0.2) is 13.5 Å². The molecule has 2 rings (SSSR count). The highest BCUT2D eigenvalue weighted by molar-refractivity contribution is 9.10. The van der Waals surface area contributed by atoms with Crippen LogP contribution in [0.4, 0.5) is 4.39 Å². The molecule has 0 unspecified atom stereocenters. The van der Waals surface area contributed by atoms with Gasteiger partial charge in [-0.3, -0.25) is 0 Å². The number of rotatable bonds is 5. The van der Waals surface area contributed by atoms with Crippen LogP contribution in [0.3, 0.4) is 0 Å². The van der Waals surface area contributed by atoms with Crippen molar-refractivity contribution >= 4 is 26.0 Å². The predicted molar refractivity (Wildman–Crippen MR) is 77.5 cm³/mol. The molecule has 0 atom stereocenters. The molecule has 2 aromatic rings. The fourth-order valence-corrected chi connectivity index (χ4v) is 3.55. The molecule has 2 N–H and O–H groups in total. The number of hydrogen-bond acceptors (Lipinski definition) is 4. The van der Waals surface area contributed by atoms with Gasteiger partial charge in [0.05, 0.1) is 13.2 Å². The molecule has 0 spiro atoms. The Kier molecular flexibility index (Phi) is 4.82. The monoisotopic (exact) mass is 377 g/mol. The Morgan fingerprint density at radius 3 is 2.67 bits per heavy atom. The van der Waals surface area contributed by atoms with E-state index < -0.39 is 27.3 Å². The Labute approximate surface area is 130 Å². The third kappa shape index (κ3) is 3.70. The lowest BCUT2D eigenvalue weighted by Gasteiger charge is -2.10. The topological polar surface area (TPSA) is 79.5 Å². The first-order valence-electron chi connectivity index (χ1n) is 5.97. The van der Waals surface area contributed by atoms with E-state index in [1.54, 1.807) is 19.1 Å². The van der Waals surface area contributed by atoms with Gasteiger partial charge in [0.15, 0.2) is 0 Å². The zero-order valence-electron chi connectivity index (χ0n) is 11.1. The molecule has 0 aliphatic carbocycles. The molecule has 0 saturated heterocycles. The fourth-order valence-electron chi connectivity index (χ4n) is 1.75. The zero-order valence-corrected chi connectivity index (χ0v) is 13.5. The van der Waals surface area contributed by atoms with Crippen molar-refractivity contribution in [2.24, 2.45) is 0 Å². The van der Waals surface area contributed by atoms with E-state index >= 15 is 0 Å². The van der Waals surface area contributed by atoms with Crippen molar-refractivity contribution in [2.45, 2.75) is 25.0 Å². The minimum Gasteiger partial charge on any atom is -0.465 e. The highest BCUT2D eigenvalue weighted by Gasteiger charge is 2.22. The lowest BCUT2D eigenvalue weighted by molar-refractivity contribution is 0.274. The molecule has 0 aliphatic heterocycles. The third-order valence-corrected chi connectivity index (χ3v) is 4.63. The van der Waals surface area contributed by atoms with Crippen molar-refractivity contribution in [3.8, 4) is 0 Å². The molecule has 1 aromatic carbocycles. The van der Waals surface area contributed by atoms with Crippen LogP contribution in [0.5, 0.6) is 0 Å². The number of furan rings is 1. The van der Waals surface area contributed by atoms with Crippen molar-refractivity contribution in [1.29, 1.82) is 0 Å². The number of halogens is 2. The van der Waals surface area contributed by atoms with Crippen LogP contribution >= 0.6 is 15.9 Å². The van der Waals surface area contributed by atoms with Gasteiger partial charge in [-0.05, 0) is 31.2 Å². The maximum Gasteiger partial charge on any atom is 0.243 e. The molecular formula is C13H13BrFNO4S. The van der Waals surface area contributed by atoms with Crippen molar-refractivity contribution < 1.29 is 22.3 Å². The summed E-state index contributed by atoms with van der Waals surface area (Å²) in [5, 5.41) is 9.05. The highest BCUT2D eigenvalue weighted by atomic mass is 79.9. The molecule has 1 aromatic heterocycles. The van der Waals surface area contributed by atoms with Gasteiger partial charge in [0.2, 0.25) is 10.0 Å². The summed E-state index contributed by atoms with van der Waals surface area (Å²) in [6.07, 6.45) is 0. The van der Waals surface area contributed by atoms with Gasteiger partial charge in [-0.1, -0.05) is 15.9 Å². The minimum atomic E-state index is -4.06.